The summed E-state index contributed by atoms with van der Waals surface area (Å²) in [5, 5.41) is 7.29. The first-order valence-electron chi connectivity index (χ1n) is 6.13. The Morgan fingerprint density at radius 3 is 2.71 bits per heavy atom. The standard InChI is InChI=1S/C14H20N2O/c1-9(2)14(4)6-5-10(3)7-11-12(8-14)15-16-13(11)17/h5-10,15H,1-4H3,(H,16,17)/b6-5-,11-7+,12-8+. The number of allylic oxidation sites excluding steroid dienone is 2. The predicted octanol–water partition coefficient (Wildman–Crippen LogP) is 1.13. The Hall–Kier alpha value is -1.51. The monoisotopic (exact) mass is 232 g/mol. The van der Waals surface area contributed by atoms with Gasteiger partial charge in [0.2, 0.25) is 0 Å². The zero-order valence-corrected chi connectivity index (χ0v) is 10.9. The van der Waals surface area contributed by atoms with Crippen LogP contribution >= 0.6 is 0 Å². The average molecular weight is 232 g/mol. The van der Waals surface area contributed by atoms with E-state index in [1.54, 1.807) is 0 Å². The summed E-state index contributed by atoms with van der Waals surface area (Å²) in [7, 11) is 0. The molecule has 0 saturated heterocycles. The summed E-state index contributed by atoms with van der Waals surface area (Å²) in [6, 6.07) is 0. The second kappa shape index (κ2) is 4.06. The Morgan fingerprint density at radius 1 is 1.35 bits per heavy atom. The fourth-order valence-electron chi connectivity index (χ4n) is 2.06. The number of fused-ring (bicyclic) bond motifs is 1. The smallest absolute Gasteiger partial charge is 0.271 e. The van der Waals surface area contributed by atoms with Gasteiger partial charge in [-0.15, -0.1) is 0 Å². The maximum absolute atomic E-state index is 11.7. The molecule has 0 radical (unpaired) electrons. The highest BCUT2D eigenvalue weighted by Crippen LogP contribution is 2.31. The molecule has 0 spiro atoms. The third-order valence-corrected chi connectivity index (χ3v) is 3.73. The number of aromatic amines is 2. The molecular formula is C14H20N2O. The van der Waals surface area contributed by atoms with Crippen molar-refractivity contribution in [1.29, 1.82) is 0 Å². The zero-order chi connectivity index (χ0) is 12.6. The van der Waals surface area contributed by atoms with E-state index in [4.69, 9.17) is 0 Å². The van der Waals surface area contributed by atoms with E-state index in [0.717, 1.165) is 10.6 Å². The molecule has 1 aromatic heterocycles. The Balaban J connectivity index is 2.78. The van der Waals surface area contributed by atoms with Gasteiger partial charge in [0.25, 0.3) is 5.56 Å². The van der Waals surface area contributed by atoms with E-state index in [1.807, 2.05) is 6.08 Å². The molecule has 2 unspecified atom stereocenters. The van der Waals surface area contributed by atoms with Gasteiger partial charge in [-0.2, -0.15) is 0 Å². The Bertz CT molecular complexity index is 603. The summed E-state index contributed by atoms with van der Waals surface area (Å²) in [6.45, 7) is 8.68. The first-order chi connectivity index (χ1) is 7.92. The summed E-state index contributed by atoms with van der Waals surface area (Å²) >= 11 is 0. The quantitative estimate of drug-likeness (QED) is 0.701. The molecule has 92 valence electrons. The maximum Gasteiger partial charge on any atom is 0.271 e. The second-order valence-electron chi connectivity index (χ2n) is 5.46. The summed E-state index contributed by atoms with van der Waals surface area (Å²) in [4.78, 5) is 11.7. The zero-order valence-electron chi connectivity index (χ0n) is 10.9. The van der Waals surface area contributed by atoms with E-state index in [1.165, 1.54) is 0 Å². The third-order valence-electron chi connectivity index (χ3n) is 3.73. The van der Waals surface area contributed by atoms with Gasteiger partial charge >= 0.3 is 0 Å². The molecule has 1 aliphatic carbocycles. The Morgan fingerprint density at radius 2 is 2.06 bits per heavy atom. The minimum atomic E-state index is -0.0375. The molecule has 1 aliphatic rings. The summed E-state index contributed by atoms with van der Waals surface area (Å²) < 4.78 is 0. The number of aromatic nitrogens is 2. The van der Waals surface area contributed by atoms with E-state index in [0.29, 0.717) is 5.92 Å². The average Bonchev–Trinajstić information content (AvgIpc) is 2.56. The number of rotatable bonds is 1. The largest absolute Gasteiger partial charge is 0.298 e. The Kier molecular flexibility index (Phi) is 2.86. The van der Waals surface area contributed by atoms with Crippen molar-refractivity contribution in [3.05, 3.63) is 33.1 Å². The molecule has 0 amide bonds. The highest BCUT2D eigenvalue weighted by atomic mass is 16.1. The van der Waals surface area contributed by atoms with Gasteiger partial charge in [-0.25, -0.2) is 0 Å². The van der Waals surface area contributed by atoms with Crippen molar-refractivity contribution < 1.29 is 0 Å². The van der Waals surface area contributed by atoms with Crippen LogP contribution in [0.1, 0.15) is 27.7 Å². The molecular weight excluding hydrogens is 212 g/mol. The van der Waals surface area contributed by atoms with E-state index < -0.39 is 0 Å². The number of H-pyrrole nitrogens is 2. The predicted molar refractivity (Wildman–Crippen MR) is 70.8 cm³/mol. The molecule has 17 heavy (non-hydrogen) atoms. The molecule has 3 heteroatoms. The van der Waals surface area contributed by atoms with Crippen molar-refractivity contribution >= 4 is 12.2 Å². The Labute approximate surface area is 101 Å². The normalized spacial score (nSPS) is 33.8. The minimum absolute atomic E-state index is 0.0254. The van der Waals surface area contributed by atoms with E-state index in [-0.39, 0.29) is 16.9 Å². The van der Waals surface area contributed by atoms with Gasteiger partial charge < -0.3 is 0 Å². The molecule has 2 rings (SSSR count). The van der Waals surface area contributed by atoms with Gasteiger partial charge in [-0.1, -0.05) is 45.9 Å². The van der Waals surface area contributed by atoms with Crippen LogP contribution in [0, 0.1) is 17.3 Å². The fourth-order valence-corrected chi connectivity index (χ4v) is 2.06. The first-order valence-corrected chi connectivity index (χ1v) is 6.13. The van der Waals surface area contributed by atoms with Crippen LogP contribution in [0.15, 0.2) is 16.9 Å². The lowest BCUT2D eigenvalue weighted by Gasteiger charge is -2.27. The van der Waals surface area contributed by atoms with Crippen LogP contribution in [0.5, 0.6) is 0 Å². The van der Waals surface area contributed by atoms with Crippen LogP contribution in [0.2, 0.25) is 0 Å². The maximum atomic E-state index is 11.7. The second-order valence-corrected chi connectivity index (χ2v) is 5.46. The molecule has 0 bridgehead atoms. The van der Waals surface area contributed by atoms with Crippen LogP contribution in [-0.4, -0.2) is 10.2 Å². The number of hydrogen-bond donors (Lipinski definition) is 2. The van der Waals surface area contributed by atoms with E-state index in [2.05, 4.69) is 56.1 Å². The van der Waals surface area contributed by atoms with E-state index >= 15 is 0 Å². The van der Waals surface area contributed by atoms with Crippen LogP contribution in [-0.2, 0) is 0 Å². The molecule has 1 heterocycles. The van der Waals surface area contributed by atoms with Crippen LogP contribution in [0.4, 0.5) is 0 Å². The SMILES string of the molecule is CC1/C=C\C(C)(C(C)C)/C=c2/[nH][nH]c(=O)/c2=C/1. The summed E-state index contributed by atoms with van der Waals surface area (Å²) in [6.07, 6.45) is 8.56. The molecule has 2 atom stereocenters. The molecule has 2 N–H and O–H groups in total. The van der Waals surface area contributed by atoms with Crippen molar-refractivity contribution in [2.24, 2.45) is 17.3 Å². The molecule has 0 aliphatic heterocycles. The topological polar surface area (TPSA) is 48.6 Å². The number of nitrogens with one attached hydrogen (secondary N) is 2. The van der Waals surface area contributed by atoms with Crippen molar-refractivity contribution in [2.75, 3.05) is 0 Å². The van der Waals surface area contributed by atoms with Gasteiger partial charge in [0.15, 0.2) is 0 Å². The van der Waals surface area contributed by atoms with Crippen LogP contribution in [0.3, 0.4) is 0 Å². The molecule has 3 nitrogen and oxygen atoms in total. The highest BCUT2D eigenvalue weighted by molar-refractivity contribution is 5.41. The summed E-state index contributed by atoms with van der Waals surface area (Å²) in [5.74, 6) is 0.757. The number of hydrogen-bond acceptors (Lipinski definition) is 1. The lowest BCUT2D eigenvalue weighted by atomic mass is 9.77. The van der Waals surface area contributed by atoms with Gasteiger partial charge in [-0.05, 0) is 17.9 Å². The van der Waals surface area contributed by atoms with Gasteiger partial charge in [0.05, 0.1) is 10.6 Å². The third kappa shape index (κ3) is 2.14. The minimum Gasteiger partial charge on any atom is -0.298 e. The van der Waals surface area contributed by atoms with Crippen molar-refractivity contribution in [1.82, 2.24) is 10.2 Å². The van der Waals surface area contributed by atoms with Crippen molar-refractivity contribution in [2.45, 2.75) is 27.7 Å². The van der Waals surface area contributed by atoms with Crippen LogP contribution < -0.4 is 16.1 Å². The van der Waals surface area contributed by atoms with Crippen LogP contribution in [0.25, 0.3) is 12.2 Å². The molecule has 0 aromatic carbocycles. The fraction of sp³-hybridized carbons (Fsp3) is 0.500. The highest BCUT2D eigenvalue weighted by Gasteiger charge is 2.23. The van der Waals surface area contributed by atoms with Gasteiger partial charge in [0, 0.05) is 5.41 Å². The molecule has 0 fully saturated rings. The van der Waals surface area contributed by atoms with Gasteiger partial charge in [0.1, 0.15) is 0 Å². The van der Waals surface area contributed by atoms with Crippen molar-refractivity contribution in [3.63, 3.8) is 0 Å². The summed E-state index contributed by atoms with van der Waals surface area (Å²) in [5.41, 5.74) is -0.0629. The molecule has 1 aromatic rings. The lowest BCUT2D eigenvalue weighted by Crippen LogP contribution is -2.37. The first kappa shape index (κ1) is 12.0. The van der Waals surface area contributed by atoms with Crippen molar-refractivity contribution in [3.8, 4) is 0 Å². The van der Waals surface area contributed by atoms with E-state index in [9.17, 15) is 4.79 Å². The lowest BCUT2D eigenvalue weighted by molar-refractivity contribution is 0.406. The van der Waals surface area contributed by atoms with Gasteiger partial charge in [-0.3, -0.25) is 15.0 Å². The molecule has 0 saturated carbocycles.